The van der Waals surface area contributed by atoms with Crippen molar-refractivity contribution in [3.8, 4) is 0 Å². The molecule has 0 spiro atoms. The molecule has 3 nitrogen and oxygen atoms in total. The average molecular weight is 169 g/mol. The van der Waals surface area contributed by atoms with Crippen LogP contribution in [0.5, 0.6) is 0 Å². The van der Waals surface area contributed by atoms with Gasteiger partial charge in [0.1, 0.15) is 5.78 Å². The molecule has 0 heterocycles. The normalized spacial score (nSPS) is 24.5. The standard InChI is InChI=1S/C9H15NO2/c1-7(11)6-10-8-3-2-4-9(12)5-8/h7,11H,2-6H2,1H3. The molecular formula is C9H15NO2. The van der Waals surface area contributed by atoms with Crippen LogP contribution in [0.25, 0.3) is 0 Å². The third-order valence-electron chi connectivity index (χ3n) is 1.90. The molecule has 0 aromatic carbocycles. The summed E-state index contributed by atoms with van der Waals surface area (Å²) in [6.07, 6.45) is 2.67. The molecule has 1 aliphatic carbocycles. The lowest BCUT2D eigenvalue weighted by atomic mass is 9.97. The fraction of sp³-hybridized carbons (Fsp3) is 0.778. The maximum absolute atomic E-state index is 11.0. The summed E-state index contributed by atoms with van der Waals surface area (Å²) in [5.41, 5.74) is 0.965. The van der Waals surface area contributed by atoms with E-state index in [2.05, 4.69) is 4.99 Å². The van der Waals surface area contributed by atoms with E-state index < -0.39 is 6.10 Å². The van der Waals surface area contributed by atoms with Gasteiger partial charge in [0.15, 0.2) is 0 Å². The minimum absolute atomic E-state index is 0.283. The number of hydrogen-bond donors (Lipinski definition) is 1. The van der Waals surface area contributed by atoms with E-state index in [0.717, 1.165) is 18.6 Å². The van der Waals surface area contributed by atoms with Gasteiger partial charge in [-0.25, -0.2) is 0 Å². The minimum atomic E-state index is -0.394. The molecule has 0 aliphatic heterocycles. The average Bonchev–Trinajstić information content (AvgIpc) is 2.01. The number of carbonyl (C=O) groups is 1. The van der Waals surface area contributed by atoms with Gasteiger partial charge in [-0.15, -0.1) is 0 Å². The molecule has 0 aromatic heterocycles. The molecule has 0 amide bonds. The van der Waals surface area contributed by atoms with Crippen LogP contribution in [-0.2, 0) is 4.79 Å². The van der Waals surface area contributed by atoms with Gasteiger partial charge >= 0.3 is 0 Å². The van der Waals surface area contributed by atoms with Crippen molar-refractivity contribution in [3.05, 3.63) is 0 Å². The molecule has 1 rings (SSSR count). The van der Waals surface area contributed by atoms with E-state index in [4.69, 9.17) is 5.11 Å². The Hall–Kier alpha value is -0.700. The molecule has 0 saturated heterocycles. The number of nitrogens with zero attached hydrogens (tertiary/aromatic N) is 1. The first-order valence-corrected chi connectivity index (χ1v) is 4.40. The van der Waals surface area contributed by atoms with Crippen molar-refractivity contribution >= 4 is 11.5 Å². The van der Waals surface area contributed by atoms with Gasteiger partial charge < -0.3 is 5.11 Å². The molecule has 1 saturated carbocycles. The van der Waals surface area contributed by atoms with Crippen molar-refractivity contribution in [1.29, 1.82) is 0 Å². The number of aliphatic hydroxyl groups is 1. The lowest BCUT2D eigenvalue weighted by Crippen LogP contribution is -2.16. The van der Waals surface area contributed by atoms with E-state index in [0.29, 0.717) is 19.4 Å². The van der Waals surface area contributed by atoms with Gasteiger partial charge in [-0.3, -0.25) is 9.79 Å². The molecule has 0 bridgehead atoms. The van der Waals surface area contributed by atoms with Crippen LogP contribution in [0.15, 0.2) is 4.99 Å². The third kappa shape index (κ3) is 3.13. The van der Waals surface area contributed by atoms with E-state index in [-0.39, 0.29) is 5.78 Å². The molecule has 0 aromatic rings. The highest BCUT2D eigenvalue weighted by Crippen LogP contribution is 2.11. The number of aliphatic imine (C=N–C) groups is 1. The Kier molecular flexibility index (Phi) is 3.41. The van der Waals surface area contributed by atoms with Crippen LogP contribution in [0.3, 0.4) is 0 Å². The molecule has 12 heavy (non-hydrogen) atoms. The molecule has 1 aliphatic rings. The molecule has 3 heteroatoms. The SMILES string of the molecule is CC(O)CN=C1CCCC(=O)C1. The zero-order valence-electron chi connectivity index (χ0n) is 7.42. The Morgan fingerprint density at radius 3 is 2.92 bits per heavy atom. The maximum Gasteiger partial charge on any atom is 0.138 e. The third-order valence-corrected chi connectivity index (χ3v) is 1.90. The van der Waals surface area contributed by atoms with Crippen molar-refractivity contribution in [2.75, 3.05) is 6.54 Å². The zero-order chi connectivity index (χ0) is 8.97. The van der Waals surface area contributed by atoms with E-state index in [1.807, 2.05) is 0 Å². The Morgan fingerprint density at radius 2 is 2.33 bits per heavy atom. The fourth-order valence-corrected chi connectivity index (χ4v) is 1.29. The highest BCUT2D eigenvalue weighted by molar-refractivity contribution is 6.03. The molecule has 1 N–H and O–H groups in total. The highest BCUT2D eigenvalue weighted by Gasteiger charge is 2.13. The first kappa shape index (κ1) is 9.39. The second kappa shape index (κ2) is 4.36. The summed E-state index contributed by atoms with van der Waals surface area (Å²) in [6.45, 7) is 2.14. The van der Waals surface area contributed by atoms with Gasteiger partial charge in [-0.2, -0.15) is 0 Å². The van der Waals surface area contributed by atoms with Crippen molar-refractivity contribution < 1.29 is 9.90 Å². The molecular weight excluding hydrogens is 154 g/mol. The van der Waals surface area contributed by atoms with Crippen LogP contribution >= 0.6 is 0 Å². The molecule has 1 fully saturated rings. The zero-order valence-corrected chi connectivity index (χ0v) is 7.42. The summed E-state index contributed by atoms with van der Waals surface area (Å²) in [5, 5.41) is 8.96. The van der Waals surface area contributed by atoms with Crippen molar-refractivity contribution in [1.82, 2.24) is 0 Å². The van der Waals surface area contributed by atoms with Gasteiger partial charge in [0.05, 0.1) is 12.6 Å². The molecule has 1 unspecified atom stereocenters. The molecule has 68 valence electrons. The monoisotopic (exact) mass is 169 g/mol. The molecule has 1 atom stereocenters. The van der Waals surface area contributed by atoms with Crippen molar-refractivity contribution in [2.24, 2.45) is 4.99 Å². The van der Waals surface area contributed by atoms with Crippen LogP contribution in [0.1, 0.15) is 32.6 Å². The van der Waals surface area contributed by atoms with Crippen molar-refractivity contribution in [3.63, 3.8) is 0 Å². The van der Waals surface area contributed by atoms with E-state index >= 15 is 0 Å². The maximum atomic E-state index is 11.0. The summed E-state index contributed by atoms with van der Waals surface area (Å²) in [7, 11) is 0. The number of Topliss-reactive ketones (excluding diaryl/α,β-unsaturated/α-hetero) is 1. The summed E-state index contributed by atoms with van der Waals surface area (Å²) in [4.78, 5) is 15.2. The van der Waals surface area contributed by atoms with Gasteiger partial charge in [-0.05, 0) is 19.8 Å². The van der Waals surface area contributed by atoms with Gasteiger partial charge in [0, 0.05) is 18.6 Å². The van der Waals surface area contributed by atoms with Crippen LogP contribution in [0, 0.1) is 0 Å². The number of aliphatic hydroxyl groups excluding tert-OH is 1. The summed E-state index contributed by atoms with van der Waals surface area (Å²) in [5.74, 6) is 0.283. The van der Waals surface area contributed by atoms with Gasteiger partial charge in [-0.1, -0.05) is 0 Å². The number of ketones is 1. The van der Waals surface area contributed by atoms with Crippen LogP contribution in [-0.4, -0.2) is 29.3 Å². The van der Waals surface area contributed by atoms with E-state index in [1.54, 1.807) is 6.92 Å². The number of hydrogen-bond acceptors (Lipinski definition) is 3. The van der Waals surface area contributed by atoms with Crippen molar-refractivity contribution in [2.45, 2.75) is 38.7 Å². The summed E-state index contributed by atoms with van der Waals surface area (Å²) < 4.78 is 0. The lowest BCUT2D eigenvalue weighted by molar-refractivity contribution is -0.118. The second-order valence-corrected chi connectivity index (χ2v) is 3.32. The Bertz CT molecular complexity index is 197. The Labute approximate surface area is 72.5 Å². The second-order valence-electron chi connectivity index (χ2n) is 3.32. The number of carbonyl (C=O) groups excluding carboxylic acids is 1. The summed E-state index contributed by atoms with van der Waals surface area (Å²) >= 11 is 0. The smallest absolute Gasteiger partial charge is 0.138 e. The lowest BCUT2D eigenvalue weighted by Gasteiger charge is -2.11. The Balaban J connectivity index is 2.39. The van der Waals surface area contributed by atoms with Gasteiger partial charge in [0.25, 0.3) is 0 Å². The first-order valence-electron chi connectivity index (χ1n) is 4.40. The Morgan fingerprint density at radius 1 is 1.58 bits per heavy atom. The number of rotatable bonds is 2. The van der Waals surface area contributed by atoms with Crippen LogP contribution in [0.4, 0.5) is 0 Å². The highest BCUT2D eigenvalue weighted by atomic mass is 16.3. The quantitative estimate of drug-likeness (QED) is 0.669. The van der Waals surface area contributed by atoms with E-state index in [1.165, 1.54) is 0 Å². The van der Waals surface area contributed by atoms with Crippen LogP contribution < -0.4 is 0 Å². The predicted octanol–water partition coefficient (Wildman–Crippen LogP) is 0.951. The largest absolute Gasteiger partial charge is 0.391 e. The van der Waals surface area contributed by atoms with Gasteiger partial charge in [0.2, 0.25) is 0 Å². The van der Waals surface area contributed by atoms with Crippen LogP contribution in [0.2, 0.25) is 0 Å². The fourth-order valence-electron chi connectivity index (χ4n) is 1.29. The topological polar surface area (TPSA) is 49.7 Å². The predicted molar refractivity (Wildman–Crippen MR) is 47.5 cm³/mol. The summed E-state index contributed by atoms with van der Waals surface area (Å²) in [6, 6.07) is 0. The minimum Gasteiger partial charge on any atom is -0.391 e. The molecule has 0 radical (unpaired) electrons. The first-order chi connectivity index (χ1) is 5.68. The van der Waals surface area contributed by atoms with E-state index in [9.17, 15) is 4.79 Å².